The topological polar surface area (TPSA) is 30.5 Å². The lowest BCUT2D eigenvalue weighted by Gasteiger charge is -2.07. The zero-order valence-electron chi connectivity index (χ0n) is 11.4. The van der Waals surface area contributed by atoms with Crippen molar-refractivity contribution in [2.24, 2.45) is 0 Å². The summed E-state index contributed by atoms with van der Waals surface area (Å²) in [6.07, 6.45) is 3.60. The average molecular weight is 251 g/mol. The SMILES string of the molecule is CCNCCCCCOCCOc1ccccc1. The van der Waals surface area contributed by atoms with E-state index >= 15 is 0 Å². The first kappa shape index (κ1) is 15.0. The van der Waals surface area contributed by atoms with Gasteiger partial charge in [-0.2, -0.15) is 0 Å². The van der Waals surface area contributed by atoms with E-state index in [1.807, 2.05) is 30.3 Å². The van der Waals surface area contributed by atoms with Crippen molar-refractivity contribution in [2.75, 3.05) is 32.9 Å². The Morgan fingerprint density at radius 1 is 0.944 bits per heavy atom. The van der Waals surface area contributed by atoms with Crippen LogP contribution in [0.5, 0.6) is 5.75 Å². The summed E-state index contributed by atoms with van der Waals surface area (Å²) in [5.74, 6) is 0.909. The third-order valence-electron chi connectivity index (χ3n) is 2.63. The molecule has 0 aromatic heterocycles. The van der Waals surface area contributed by atoms with E-state index in [4.69, 9.17) is 9.47 Å². The molecule has 18 heavy (non-hydrogen) atoms. The Balaban J connectivity index is 1.82. The van der Waals surface area contributed by atoms with E-state index < -0.39 is 0 Å². The largest absolute Gasteiger partial charge is 0.491 e. The van der Waals surface area contributed by atoms with Crippen molar-refractivity contribution in [3.8, 4) is 5.75 Å². The summed E-state index contributed by atoms with van der Waals surface area (Å²) >= 11 is 0. The van der Waals surface area contributed by atoms with Gasteiger partial charge in [0.15, 0.2) is 0 Å². The first-order chi connectivity index (χ1) is 8.93. The van der Waals surface area contributed by atoms with E-state index in [2.05, 4.69) is 12.2 Å². The van der Waals surface area contributed by atoms with Crippen LogP contribution in [0.25, 0.3) is 0 Å². The van der Waals surface area contributed by atoms with Crippen LogP contribution in [-0.4, -0.2) is 32.9 Å². The minimum absolute atomic E-state index is 0.626. The summed E-state index contributed by atoms with van der Waals surface area (Å²) in [6, 6.07) is 9.85. The van der Waals surface area contributed by atoms with Gasteiger partial charge in [0.25, 0.3) is 0 Å². The molecule has 1 N–H and O–H groups in total. The van der Waals surface area contributed by atoms with Gasteiger partial charge in [-0.1, -0.05) is 25.1 Å². The van der Waals surface area contributed by atoms with Crippen LogP contribution in [0.15, 0.2) is 30.3 Å². The normalized spacial score (nSPS) is 10.5. The highest BCUT2D eigenvalue weighted by Gasteiger charge is 1.93. The van der Waals surface area contributed by atoms with E-state index in [1.54, 1.807) is 0 Å². The highest BCUT2D eigenvalue weighted by atomic mass is 16.5. The van der Waals surface area contributed by atoms with Crippen molar-refractivity contribution >= 4 is 0 Å². The van der Waals surface area contributed by atoms with Gasteiger partial charge in [0.1, 0.15) is 12.4 Å². The molecule has 0 fully saturated rings. The van der Waals surface area contributed by atoms with Gasteiger partial charge in [0.05, 0.1) is 6.61 Å². The van der Waals surface area contributed by atoms with E-state index in [1.165, 1.54) is 12.8 Å². The van der Waals surface area contributed by atoms with Crippen LogP contribution in [-0.2, 0) is 4.74 Å². The second kappa shape index (κ2) is 11.1. The Hall–Kier alpha value is -1.06. The van der Waals surface area contributed by atoms with Crippen molar-refractivity contribution in [2.45, 2.75) is 26.2 Å². The number of nitrogens with one attached hydrogen (secondary N) is 1. The smallest absolute Gasteiger partial charge is 0.119 e. The summed E-state index contributed by atoms with van der Waals surface area (Å²) < 4.78 is 11.0. The molecule has 0 saturated heterocycles. The van der Waals surface area contributed by atoms with Crippen molar-refractivity contribution in [1.82, 2.24) is 5.32 Å². The zero-order chi connectivity index (χ0) is 12.9. The number of ether oxygens (including phenoxy) is 2. The van der Waals surface area contributed by atoms with Crippen molar-refractivity contribution in [3.05, 3.63) is 30.3 Å². The van der Waals surface area contributed by atoms with Crippen molar-refractivity contribution in [3.63, 3.8) is 0 Å². The standard InChI is InChI=1S/C15H25NO2/c1-2-16-11-7-4-8-12-17-13-14-18-15-9-5-3-6-10-15/h3,5-6,9-10,16H,2,4,7-8,11-14H2,1H3. The van der Waals surface area contributed by atoms with Gasteiger partial charge in [-0.3, -0.25) is 0 Å². The molecule has 102 valence electrons. The zero-order valence-corrected chi connectivity index (χ0v) is 11.4. The third-order valence-corrected chi connectivity index (χ3v) is 2.63. The molecule has 0 aliphatic heterocycles. The van der Waals surface area contributed by atoms with Crippen LogP contribution in [0.4, 0.5) is 0 Å². The quantitative estimate of drug-likeness (QED) is 0.613. The van der Waals surface area contributed by atoms with Gasteiger partial charge >= 0.3 is 0 Å². The lowest BCUT2D eigenvalue weighted by atomic mass is 10.2. The van der Waals surface area contributed by atoms with Crippen LogP contribution in [0.1, 0.15) is 26.2 Å². The molecule has 0 aliphatic carbocycles. The Bertz CT molecular complexity index is 277. The molecule has 0 aliphatic rings. The minimum Gasteiger partial charge on any atom is -0.491 e. The number of para-hydroxylation sites is 1. The molecule has 0 radical (unpaired) electrons. The predicted octanol–water partition coefficient (Wildman–Crippen LogP) is 2.86. The summed E-state index contributed by atoms with van der Waals surface area (Å²) in [4.78, 5) is 0. The molecule has 0 saturated carbocycles. The maximum absolute atomic E-state index is 5.53. The number of unbranched alkanes of at least 4 members (excludes halogenated alkanes) is 2. The second-order valence-electron chi connectivity index (χ2n) is 4.19. The fraction of sp³-hybridized carbons (Fsp3) is 0.600. The predicted molar refractivity (Wildman–Crippen MR) is 75.2 cm³/mol. The Kier molecular flexibility index (Phi) is 9.21. The number of hydrogen-bond donors (Lipinski definition) is 1. The average Bonchev–Trinajstić information content (AvgIpc) is 2.42. The summed E-state index contributed by atoms with van der Waals surface area (Å²) in [5, 5.41) is 3.32. The lowest BCUT2D eigenvalue weighted by molar-refractivity contribution is 0.0972. The Labute approximate surface area is 110 Å². The van der Waals surface area contributed by atoms with Gasteiger partial charge < -0.3 is 14.8 Å². The number of hydrogen-bond acceptors (Lipinski definition) is 3. The van der Waals surface area contributed by atoms with Gasteiger partial charge in [-0.05, 0) is 44.5 Å². The molecule has 3 heteroatoms. The van der Waals surface area contributed by atoms with Crippen LogP contribution in [0.2, 0.25) is 0 Å². The van der Waals surface area contributed by atoms with Crippen molar-refractivity contribution in [1.29, 1.82) is 0 Å². The lowest BCUT2D eigenvalue weighted by Crippen LogP contribution is -2.14. The summed E-state index contributed by atoms with van der Waals surface area (Å²) in [6.45, 7) is 6.45. The summed E-state index contributed by atoms with van der Waals surface area (Å²) in [5.41, 5.74) is 0. The molecule has 0 atom stereocenters. The van der Waals surface area contributed by atoms with Gasteiger partial charge in [-0.15, -0.1) is 0 Å². The van der Waals surface area contributed by atoms with E-state index in [9.17, 15) is 0 Å². The maximum atomic E-state index is 5.53. The van der Waals surface area contributed by atoms with E-state index in [-0.39, 0.29) is 0 Å². The molecule has 0 bridgehead atoms. The van der Waals surface area contributed by atoms with Gasteiger partial charge in [-0.25, -0.2) is 0 Å². The molecule has 0 heterocycles. The van der Waals surface area contributed by atoms with Crippen LogP contribution < -0.4 is 10.1 Å². The van der Waals surface area contributed by atoms with Crippen LogP contribution >= 0.6 is 0 Å². The highest BCUT2D eigenvalue weighted by Crippen LogP contribution is 2.07. The summed E-state index contributed by atoms with van der Waals surface area (Å²) in [7, 11) is 0. The molecule has 0 amide bonds. The van der Waals surface area contributed by atoms with Crippen molar-refractivity contribution < 1.29 is 9.47 Å². The first-order valence-corrected chi connectivity index (χ1v) is 6.90. The monoisotopic (exact) mass is 251 g/mol. The molecule has 1 aromatic rings. The van der Waals surface area contributed by atoms with Crippen LogP contribution in [0, 0.1) is 0 Å². The van der Waals surface area contributed by atoms with E-state index in [0.29, 0.717) is 13.2 Å². The molecule has 0 unspecified atom stereocenters. The van der Waals surface area contributed by atoms with Gasteiger partial charge in [0, 0.05) is 6.61 Å². The molecular formula is C15H25NO2. The molecule has 0 spiro atoms. The molecule has 3 nitrogen and oxygen atoms in total. The van der Waals surface area contributed by atoms with Crippen LogP contribution in [0.3, 0.4) is 0 Å². The Morgan fingerprint density at radius 2 is 1.78 bits per heavy atom. The second-order valence-corrected chi connectivity index (χ2v) is 4.19. The Morgan fingerprint density at radius 3 is 2.56 bits per heavy atom. The number of rotatable bonds is 11. The molecule has 1 aromatic carbocycles. The van der Waals surface area contributed by atoms with Gasteiger partial charge in [0.2, 0.25) is 0 Å². The molecule has 1 rings (SSSR count). The molecular weight excluding hydrogens is 226 g/mol. The van der Waals surface area contributed by atoms with E-state index in [0.717, 1.165) is 31.9 Å². The fourth-order valence-corrected chi connectivity index (χ4v) is 1.64. The maximum Gasteiger partial charge on any atom is 0.119 e. The fourth-order valence-electron chi connectivity index (χ4n) is 1.64. The number of benzene rings is 1. The minimum atomic E-state index is 0.626. The third kappa shape index (κ3) is 8.09. The first-order valence-electron chi connectivity index (χ1n) is 6.90. The highest BCUT2D eigenvalue weighted by molar-refractivity contribution is 5.20.